The second-order valence-electron chi connectivity index (χ2n) is 9.45. The summed E-state index contributed by atoms with van der Waals surface area (Å²) >= 11 is 0. The highest BCUT2D eigenvalue weighted by molar-refractivity contribution is 5.89. The second-order valence-corrected chi connectivity index (χ2v) is 9.45. The van der Waals surface area contributed by atoms with E-state index in [-0.39, 0.29) is 37.2 Å². The van der Waals surface area contributed by atoms with Crippen LogP contribution in [0.3, 0.4) is 0 Å². The Morgan fingerprint density at radius 2 is 1.66 bits per heavy atom. The summed E-state index contributed by atoms with van der Waals surface area (Å²) in [5, 5.41) is 2.78. The topological polar surface area (TPSA) is 112 Å². The number of nitrogens with zero attached hydrogens (tertiary/aromatic N) is 3. The van der Waals surface area contributed by atoms with Crippen LogP contribution in [0.5, 0.6) is 0 Å². The normalized spacial score (nSPS) is 14.9. The van der Waals surface area contributed by atoms with Gasteiger partial charge in [-0.3, -0.25) is 4.79 Å². The van der Waals surface area contributed by atoms with E-state index < -0.39 is 78.2 Å². The number of likely N-dealkylation sites (N-methyl/N-ethyl adjacent to an activating group) is 1. The third-order valence-electron chi connectivity index (χ3n) is 6.06. The summed E-state index contributed by atoms with van der Waals surface area (Å²) in [6.45, 7) is 3.26. The fourth-order valence-corrected chi connectivity index (χ4v) is 4.15. The highest BCUT2D eigenvalue weighted by Crippen LogP contribution is 2.33. The van der Waals surface area contributed by atoms with Crippen molar-refractivity contribution >= 4 is 18.0 Å². The number of carbonyl (C=O) groups is 3. The van der Waals surface area contributed by atoms with Crippen molar-refractivity contribution in [2.75, 3.05) is 13.6 Å². The molecule has 2 atom stereocenters. The number of halogens is 6. The predicted octanol–water partition coefficient (Wildman–Crippen LogP) is 3.95. The standard InChI is InChI=1S/C25H28F6N4O6/c1-12(2)39-24(38)41-13(3)40-22(37)21-19-11-34(5-6-35(19)23(33-21)25(29,30)31)20(36)9-15(32-4)7-14-8-17(27)18(28)10-16(14)26/h8,10,12-13,15,32H,5-7,9,11H2,1-4H3. The van der Waals surface area contributed by atoms with E-state index in [1.807, 2.05) is 0 Å². The minimum absolute atomic E-state index is 0.170. The van der Waals surface area contributed by atoms with Crippen LogP contribution in [0.2, 0.25) is 0 Å². The van der Waals surface area contributed by atoms with Gasteiger partial charge in [-0.2, -0.15) is 13.2 Å². The number of benzene rings is 1. The van der Waals surface area contributed by atoms with Crippen molar-refractivity contribution in [3.8, 4) is 0 Å². The molecule has 3 rings (SSSR count). The lowest BCUT2D eigenvalue weighted by atomic mass is 10.0. The molecule has 16 heteroatoms. The molecular formula is C25H28F6N4O6. The molecule has 41 heavy (non-hydrogen) atoms. The Morgan fingerprint density at radius 1 is 1.00 bits per heavy atom. The molecule has 226 valence electrons. The molecule has 1 N–H and O–H groups in total. The summed E-state index contributed by atoms with van der Waals surface area (Å²) in [6.07, 6.45) is -8.64. The SMILES string of the molecule is CNC(CC(=O)N1CCn2c(C(F)(F)F)nc(C(=O)OC(C)OC(=O)OC(C)C)c2C1)Cc1cc(F)c(F)cc1F. The summed E-state index contributed by atoms with van der Waals surface area (Å²) in [5.41, 5.74) is -1.16. The number of alkyl halides is 3. The van der Waals surface area contributed by atoms with Crippen molar-refractivity contribution in [2.24, 2.45) is 0 Å². The lowest BCUT2D eigenvalue weighted by Gasteiger charge is -2.31. The van der Waals surface area contributed by atoms with E-state index in [4.69, 9.17) is 14.2 Å². The molecular weight excluding hydrogens is 566 g/mol. The Labute approximate surface area is 230 Å². The molecule has 0 fully saturated rings. The number of hydrogen-bond acceptors (Lipinski definition) is 8. The molecule has 0 bridgehead atoms. The number of carbonyl (C=O) groups excluding carboxylic acids is 3. The fourth-order valence-electron chi connectivity index (χ4n) is 4.15. The van der Waals surface area contributed by atoms with Gasteiger partial charge in [-0.05, 0) is 38.9 Å². The summed E-state index contributed by atoms with van der Waals surface area (Å²) in [4.78, 5) is 42.1. The molecule has 2 heterocycles. The summed E-state index contributed by atoms with van der Waals surface area (Å²) in [7, 11) is 1.46. The molecule has 1 aromatic heterocycles. The molecule has 1 aliphatic heterocycles. The second kappa shape index (κ2) is 12.8. The first kappa shape index (κ1) is 31.7. The van der Waals surface area contributed by atoms with Crippen LogP contribution in [0.25, 0.3) is 0 Å². The third-order valence-corrected chi connectivity index (χ3v) is 6.06. The molecule has 0 spiro atoms. The van der Waals surface area contributed by atoms with Crippen molar-refractivity contribution < 1.29 is 54.9 Å². The molecule has 0 aliphatic carbocycles. The molecule has 2 unspecified atom stereocenters. The van der Waals surface area contributed by atoms with Gasteiger partial charge >= 0.3 is 18.3 Å². The van der Waals surface area contributed by atoms with Crippen LogP contribution in [-0.2, 0) is 44.7 Å². The van der Waals surface area contributed by atoms with Gasteiger partial charge in [-0.15, -0.1) is 0 Å². The van der Waals surface area contributed by atoms with E-state index in [0.717, 1.165) is 11.5 Å². The van der Waals surface area contributed by atoms with Crippen LogP contribution in [0, 0.1) is 17.5 Å². The number of amides is 1. The number of fused-ring (bicyclic) bond motifs is 1. The molecule has 0 saturated carbocycles. The van der Waals surface area contributed by atoms with Gasteiger partial charge in [0.25, 0.3) is 0 Å². The van der Waals surface area contributed by atoms with Crippen LogP contribution in [-0.4, -0.2) is 64.5 Å². The first-order valence-electron chi connectivity index (χ1n) is 12.4. The summed E-state index contributed by atoms with van der Waals surface area (Å²) < 4.78 is 97.2. The van der Waals surface area contributed by atoms with Crippen LogP contribution < -0.4 is 5.32 Å². The molecule has 1 aliphatic rings. The van der Waals surface area contributed by atoms with Crippen LogP contribution in [0.15, 0.2) is 12.1 Å². The number of nitrogens with one attached hydrogen (secondary N) is 1. The van der Waals surface area contributed by atoms with Gasteiger partial charge in [0, 0.05) is 38.5 Å². The summed E-state index contributed by atoms with van der Waals surface area (Å²) in [5.74, 6) is -6.90. The van der Waals surface area contributed by atoms with Gasteiger partial charge in [0.1, 0.15) is 5.82 Å². The van der Waals surface area contributed by atoms with Crippen molar-refractivity contribution in [1.82, 2.24) is 19.8 Å². The van der Waals surface area contributed by atoms with Crippen molar-refractivity contribution in [2.45, 2.75) is 71.3 Å². The number of ether oxygens (including phenoxy) is 3. The quantitative estimate of drug-likeness (QED) is 0.201. The van der Waals surface area contributed by atoms with E-state index in [0.29, 0.717) is 12.1 Å². The first-order valence-corrected chi connectivity index (χ1v) is 12.4. The van der Waals surface area contributed by atoms with Gasteiger partial charge in [0.2, 0.25) is 18.0 Å². The largest absolute Gasteiger partial charge is 0.511 e. The lowest BCUT2D eigenvalue weighted by molar-refractivity contribution is -0.148. The maximum atomic E-state index is 14.1. The van der Waals surface area contributed by atoms with Gasteiger partial charge in [0.15, 0.2) is 17.3 Å². The van der Waals surface area contributed by atoms with Gasteiger partial charge in [0.05, 0.1) is 18.3 Å². The predicted molar refractivity (Wildman–Crippen MR) is 128 cm³/mol. The highest BCUT2D eigenvalue weighted by Gasteiger charge is 2.42. The number of imidazole rings is 1. The third kappa shape index (κ3) is 7.89. The minimum atomic E-state index is -4.94. The lowest BCUT2D eigenvalue weighted by Crippen LogP contribution is -2.42. The smallest absolute Gasteiger partial charge is 0.431 e. The maximum absolute atomic E-state index is 14.1. The number of aromatic nitrogens is 2. The molecule has 1 aromatic carbocycles. The Morgan fingerprint density at radius 3 is 2.27 bits per heavy atom. The molecule has 0 radical (unpaired) electrons. The Hall–Kier alpha value is -3.82. The van der Waals surface area contributed by atoms with E-state index in [1.165, 1.54) is 11.9 Å². The molecule has 10 nitrogen and oxygen atoms in total. The van der Waals surface area contributed by atoms with Gasteiger partial charge < -0.3 is 29.0 Å². The molecule has 1 amide bonds. The van der Waals surface area contributed by atoms with Crippen LogP contribution >= 0.6 is 0 Å². The van der Waals surface area contributed by atoms with Crippen molar-refractivity contribution in [3.05, 3.63) is 52.4 Å². The average Bonchev–Trinajstić information content (AvgIpc) is 3.25. The summed E-state index contributed by atoms with van der Waals surface area (Å²) in [6, 6.07) is 0.332. The zero-order chi connectivity index (χ0) is 30.6. The fraction of sp³-hybridized carbons (Fsp3) is 0.520. The van der Waals surface area contributed by atoms with Crippen molar-refractivity contribution in [1.29, 1.82) is 0 Å². The maximum Gasteiger partial charge on any atom is 0.511 e. The number of hydrogen-bond donors (Lipinski definition) is 1. The average molecular weight is 595 g/mol. The zero-order valence-electron chi connectivity index (χ0n) is 22.5. The Bertz CT molecular complexity index is 1300. The Kier molecular flexibility index (Phi) is 9.89. The van der Waals surface area contributed by atoms with E-state index in [2.05, 4.69) is 10.3 Å². The number of rotatable bonds is 9. The molecule has 2 aromatic rings. The van der Waals surface area contributed by atoms with E-state index in [9.17, 15) is 40.7 Å². The molecule has 0 saturated heterocycles. The van der Waals surface area contributed by atoms with Crippen LogP contribution in [0.4, 0.5) is 31.1 Å². The first-order chi connectivity index (χ1) is 19.1. The van der Waals surface area contributed by atoms with E-state index in [1.54, 1.807) is 13.8 Å². The Balaban J connectivity index is 1.77. The van der Waals surface area contributed by atoms with Gasteiger partial charge in [-0.1, -0.05) is 0 Å². The zero-order valence-corrected chi connectivity index (χ0v) is 22.5. The van der Waals surface area contributed by atoms with Gasteiger partial charge in [-0.25, -0.2) is 27.7 Å². The van der Waals surface area contributed by atoms with E-state index >= 15 is 0 Å². The van der Waals surface area contributed by atoms with Crippen LogP contribution in [0.1, 0.15) is 54.8 Å². The number of esters is 1. The highest BCUT2D eigenvalue weighted by atomic mass is 19.4. The van der Waals surface area contributed by atoms with Crippen molar-refractivity contribution in [3.63, 3.8) is 0 Å². The monoisotopic (exact) mass is 594 g/mol. The minimum Gasteiger partial charge on any atom is -0.431 e.